The van der Waals surface area contributed by atoms with Gasteiger partial charge in [-0.3, -0.25) is 9.79 Å². The number of carbonyl (C=O) groups excluding carboxylic acids is 1. The van der Waals surface area contributed by atoms with Crippen LogP contribution >= 0.6 is 24.0 Å². The van der Waals surface area contributed by atoms with Crippen molar-refractivity contribution in [2.45, 2.75) is 19.7 Å². The van der Waals surface area contributed by atoms with E-state index in [-0.39, 0.29) is 48.7 Å². The molecule has 1 amide bonds. The van der Waals surface area contributed by atoms with E-state index in [1.807, 2.05) is 30.3 Å². The van der Waals surface area contributed by atoms with Gasteiger partial charge in [-0.05, 0) is 23.8 Å². The minimum absolute atomic E-state index is 0. The molecule has 0 aliphatic heterocycles. The molecule has 2 aromatic carbocycles. The average Bonchev–Trinajstić information content (AvgIpc) is 2.73. The zero-order valence-electron chi connectivity index (χ0n) is 16.7. The van der Waals surface area contributed by atoms with Gasteiger partial charge in [0.25, 0.3) is 0 Å². The van der Waals surface area contributed by atoms with E-state index >= 15 is 0 Å². The predicted octanol–water partition coefficient (Wildman–Crippen LogP) is 2.90. The van der Waals surface area contributed by atoms with Crippen LogP contribution in [0.15, 0.2) is 53.5 Å². The number of methoxy groups -OCH3 is 1. The maximum atomic E-state index is 12.6. The molecule has 0 unspecified atom stereocenters. The van der Waals surface area contributed by atoms with Crippen LogP contribution in [0.4, 0.5) is 8.78 Å². The number of rotatable bonds is 9. The molecule has 10 heteroatoms. The first kappa shape index (κ1) is 25.4. The summed E-state index contributed by atoms with van der Waals surface area (Å²) >= 11 is 0. The summed E-state index contributed by atoms with van der Waals surface area (Å²) in [5.41, 5.74) is 1.45. The molecule has 0 atom stereocenters. The number of hydrogen-bond acceptors (Lipinski definition) is 4. The molecular weight excluding hydrogens is 509 g/mol. The Balaban J connectivity index is 0.00000450. The molecule has 30 heavy (non-hydrogen) atoms. The predicted molar refractivity (Wildman–Crippen MR) is 122 cm³/mol. The minimum atomic E-state index is -2.94. The van der Waals surface area contributed by atoms with Crippen molar-refractivity contribution >= 4 is 35.8 Å². The van der Waals surface area contributed by atoms with Gasteiger partial charge in [-0.2, -0.15) is 8.78 Å². The second-order valence-electron chi connectivity index (χ2n) is 5.89. The van der Waals surface area contributed by atoms with Gasteiger partial charge in [0.1, 0.15) is 11.5 Å². The number of hydrogen-bond donors (Lipinski definition) is 3. The van der Waals surface area contributed by atoms with Crippen molar-refractivity contribution < 1.29 is 23.0 Å². The lowest BCUT2D eigenvalue weighted by Gasteiger charge is -2.15. The second kappa shape index (κ2) is 13.6. The van der Waals surface area contributed by atoms with Crippen molar-refractivity contribution in [2.75, 3.05) is 20.7 Å². The number of carbonyl (C=O) groups is 1. The summed E-state index contributed by atoms with van der Waals surface area (Å²) in [7, 11) is 3.02. The van der Waals surface area contributed by atoms with Crippen LogP contribution in [0, 0.1) is 0 Å². The van der Waals surface area contributed by atoms with Crippen molar-refractivity contribution in [1.29, 1.82) is 0 Å². The Morgan fingerprint density at radius 3 is 2.43 bits per heavy atom. The number of nitrogens with zero attached hydrogens (tertiary/aromatic N) is 1. The lowest BCUT2D eigenvalue weighted by molar-refractivity contribution is -0.120. The first-order valence-electron chi connectivity index (χ1n) is 8.88. The number of amides is 1. The van der Waals surface area contributed by atoms with Gasteiger partial charge in [-0.1, -0.05) is 30.3 Å². The fraction of sp³-hybridized carbons (Fsp3) is 0.300. The van der Waals surface area contributed by atoms with Crippen LogP contribution in [0.25, 0.3) is 0 Å². The second-order valence-corrected chi connectivity index (χ2v) is 5.89. The molecule has 0 aliphatic rings. The molecule has 0 spiro atoms. The third-order valence-corrected chi connectivity index (χ3v) is 3.90. The molecular formula is C20H25F2IN4O3. The zero-order valence-corrected chi connectivity index (χ0v) is 19.0. The van der Waals surface area contributed by atoms with Crippen LogP contribution < -0.4 is 25.4 Å². The Kier molecular flexibility index (Phi) is 11.5. The lowest BCUT2D eigenvalue weighted by atomic mass is 10.2. The maximum absolute atomic E-state index is 12.6. The summed E-state index contributed by atoms with van der Waals surface area (Å²) < 4.78 is 34.8. The van der Waals surface area contributed by atoms with E-state index in [2.05, 4.69) is 25.7 Å². The fourth-order valence-electron chi connectivity index (χ4n) is 2.45. The molecule has 0 fully saturated rings. The number of guanidine groups is 1. The molecule has 0 heterocycles. The Bertz CT molecular complexity index is 823. The standard InChI is InChI=1S/C20H24F2N4O3.HI/c1-23-20(26-13-18(27)24-11-14-6-4-3-5-7-14)25-12-15-10-16(28-2)8-9-17(15)29-19(21)22;/h3-10,19H,11-13H2,1-2H3,(H,24,27)(H2,23,25,26);1H. The van der Waals surface area contributed by atoms with E-state index in [1.165, 1.54) is 19.2 Å². The molecule has 7 nitrogen and oxygen atoms in total. The highest BCUT2D eigenvalue weighted by Gasteiger charge is 2.12. The van der Waals surface area contributed by atoms with Crippen molar-refractivity contribution in [1.82, 2.24) is 16.0 Å². The van der Waals surface area contributed by atoms with Crippen molar-refractivity contribution in [3.8, 4) is 11.5 Å². The van der Waals surface area contributed by atoms with Gasteiger partial charge in [-0.15, -0.1) is 24.0 Å². The number of ether oxygens (including phenoxy) is 2. The molecule has 0 saturated carbocycles. The van der Waals surface area contributed by atoms with Crippen LogP contribution in [0.2, 0.25) is 0 Å². The van der Waals surface area contributed by atoms with E-state index in [4.69, 9.17) is 4.74 Å². The molecule has 164 valence electrons. The third kappa shape index (κ3) is 8.80. The Morgan fingerprint density at radius 1 is 1.07 bits per heavy atom. The van der Waals surface area contributed by atoms with Gasteiger partial charge >= 0.3 is 6.61 Å². The quantitative estimate of drug-likeness (QED) is 0.262. The van der Waals surface area contributed by atoms with Gasteiger partial charge in [0.15, 0.2) is 5.96 Å². The molecule has 0 bridgehead atoms. The van der Waals surface area contributed by atoms with Crippen molar-refractivity contribution in [2.24, 2.45) is 4.99 Å². The average molecular weight is 534 g/mol. The third-order valence-electron chi connectivity index (χ3n) is 3.90. The smallest absolute Gasteiger partial charge is 0.387 e. The lowest BCUT2D eigenvalue weighted by Crippen LogP contribution is -2.42. The van der Waals surface area contributed by atoms with E-state index in [0.29, 0.717) is 23.8 Å². The molecule has 2 rings (SSSR count). The number of aliphatic imine (C=N–C) groups is 1. The van der Waals surface area contributed by atoms with E-state index in [0.717, 1.165) is 5.56 Å². The minimum Gasteiger partial charge on any atom is -0.497 e. The Labute approximate surface area is 191 Å². The van der Waals surface area contributed by atoms with Crippen LogP contribution in [0.3, 0.4) is 0 Å². The van der Waals surface area contributed by atoms with Crippen LogP contribution in [0.1, 0.15) is 11.1 Å². The van der Waals surface area contributed by atoms with Crippen molar-refractivity contribution in [3.05, 3.63) is 59.7 Å². The first-order valence-corrected chi connectivity index (χ1v) is 8.88. The highest BCUT2D eigenvalue weighted by molar-refractivity contribution is 14.0. The van der Waals surface area contributed by atoms with Gasteiger partial charge in [0.05, 0.1) is 13.7 Å². The van der Waals surface area contributed by atoms with E-state index < -0.39 is 6.61 Å². The molecule has 3 N–H and O–H groups in total. The highest BCUT2D eigenvalue weighted by Crippen LogP contribution is 2.25. The summed E-state index contributed by atoms with van der Waals surface area (Å²) in [6.07, 6.45) is 0. The summed E-state index contributed by atoms with van der Waals surface area (Å²) in [5, 5.41) is 8.62. The zero-order chi connectivity index (χ0) is 21.1. The maximum Gasteiger partial charge on any atom is 0.387 e. The van der Waals surface area contributed by atoms with Gasteiger partial charge in [0, 0.05) is 25.7 Å². The van der Waals surface area contributed by atoms with Gasteiger partial charge in [-0.25, -0.2) is 0 Å². The molecule has 0 aromatic heterocycles. The number of benzene rings is 2. The van der Waals surface area contributed by atoms with Gasteiger partial charge in [0.2, 0.25) is 5.91 Å². The monoisotopic (exact) mass is 534 g/mol. The number of halogens is 3. The van der Waals surface area contributed by atoms with E-state index in [9.17, 15) is 13.6 Å². The molecule has 2 aromatic rings. The topological polar surface area (TPSA) is 84.0 Å². The van der Waals surface area contributed by atoms with Crippen LogP contribution in [-0.4, -0.2) is 39.2 Å². The van der Waals surface area contributed by atoms with Gasteiger partial charge < -0.3 is 25.4 Å². The molecule has 0 aliphatic carbocycles. The van der Waals surface area contributed by atoms with Crippen LogP contribution in [-0.2, 0) is 17.9 Å². The number of alkyl halides is 2. The Morgan fingerprint density at radius 2 is 1.80 bits per heavy atom. The largest absolute Gasteiger partial charge is 0.497 e. The highest BCUT2D eigenvalue weighted by atomic mass is 127. The molecule has 0 radical (unpaired) electrons. The Hall–Kier alpha value is -2.63. The fourth-order valence-corrected chi connectivity index (χ4v) is 2.45. The SMILES string of the molecule is CN=C(NCC(=O)NCc1ccccc1)NCc1cc(OC)ccc1OC(F)F.I. The van der Waals surface area contributed by atoms with E-state index in [1.54, 1.807) is 13.1 Å². The normalized spacial score (nSPS) is 10.8. The number of nitrogens with one attached hydrogen (secondary N) is 3. The first-order chi connectivity index (χ1) is 14.0. The van der Waals surface area contributed by atoms with Crippen LogP contribution in [0.5, 0.6) is 11.5 Å². The summed E-state index contributed by atoms with van der Waals surface area (Å²) in [6, 6.07) is 14.1. The van der Waals surface area contributed by atoms with Crippen molar-refractivity contribution in [3.63, 3.8) is 0 Å². The summed E-state index contributed by atoms with van der Waals surface area (Å²) in [5.74, 6) is 0.668. The summed E-state index contributed by atoms with van der Waals surface area (Å²) in [4.78, 5) is 16.0. The molecule has 0 saturated heterocycles. The summed E-state index contributed by atoms with van der Waals surface area (Å²) in [6.45, 7) is -2.37.